The topological polar surface area (TPSA) is 85.9 Å². The number of carbonyl (C=O) groups is 2. The maximum atomic E-state index is 12.1. The van der Waals surface area contributed by atoms with Gasteiger partial charge in [0.1, 0.15) is 18.1 Å². The van der Waals surface area contributed by atoms with Crippen LogP contribution < -0.4 is 20.3 Å². The number of halogens is 1. The lowest BCUT2D eigenvalue weighted by Gasteiger charge is -2.10. The molecule has 0 unspecified atom stereocenters. The normalized spacial score (nSPS) is 10.1. The molecular weight excluding hydrogens is 451 g/mol. The molecule has 8 heteroatoms. The van der Waals surface area contributed by atoms with Crippen LogP contribution in [-0.2, 0) is 4.74 Å². The van der Waals surface area contributed by atoms with E-state index in [9.17, 15) is 9.59 Å². The van der Waals surface area contributed by atoms with E-state index in [1.54, 1.807) is 56.7 Å². The number of amides is 2. The zero-order valence-corrected chi connectivity index (χ0v) is 16.5. The fourth-order valence-corrected chi connectivity index (χ4v) is 2.75. The van der Waals surface area contributed by atoms with E-state index in [1.165, 1.54) is 0 Å². The third kappa shape index (κ3) is 5.60. The first-order valence-corrected chi connectivity index (χ1v) is 8.79. The second kappa shape index (κ2) is 9.97. The van der Waals surface area contributed by atoms with Gasteiger partial charge in [0.05, 0.1) is 17.3 Å². The number of hydrogen-bond acceptors (Lipinski definition) is 5. The van der Waals surface area contributed by atoms with E-state index >= 15 is 0 Å². The molecule has 2 amide bonds. The van der Waals surface area contributed by atoms with Gasteiger partial charge >= 0.3 is 0 Å². The van der Waals surface area contributed by atoms with Crippen LogP contribution in [0.5, 0.6) is 11.5 Å². The maximum Gasteiger partial charge on any atom is 0.269 e. The molecule has 2 rings (SSSR count). The Morgan fingerprint density at radius 2 is 1.54 bits per heavy atom. The molecule has 0 saturated heterocycles. The lowest BCUT2D eigenvalue weighted by atomic mass is 10.2. The van der Waals surface area contributed by atoms with Gasteiger partial charge in [0.2, 0.25) is 0 Å². The summed E-state index contributed by atoms with van der Waals surface area (Å²) in [6, 6.07) is 11.6. The summed E-state index contributed by atoms with van der Waals surface area (Å²) in [5.41, 5.74) is 5.58. The first-order valence-electron chi connectivity index (χ1n) is 7.71. The smallest absolute Gasteiger partial charge is 0.269 e. The Balaban J connectivity index is 1.89. The molecule has 2 aromatic carbocycles. The van der Waals surface area contributed by atoms with Crippen LogP contribution in [0, 0.1) is 3.57 Å². The fraction of sp³-hybridized carbons (Fsp3) is 0.222. The number of nitrogens with one attached hydrogen (secondary N) is 2. The van der Waals surface area contributed by atoms with Crippen LogP contribution >= 0.6 is 22.6 Å². The standard InChI is InChI=1S/C18H19IN2O5/c1-24-9-10-26-14-6-3-12(4-7-14)17(22)20-21-18(23)13-5-8-16(25-2)15(19)11-13/h3-8,11H,9-10H2,1-2H3,(H,20,22)(H,21,23). The molecule has 2 aromatic rings. The van der Waals surface area contributed by atoms with E-state index in [1.807, 2.05) is 0 Å². The summed E-state index contributed by atoms with van der Waals surface area (Å²) in [6.07, 6.45) is 0. The van der Waals surface area contributed by atoms with Crippen LogP contribution in [-0.4, -0.2) is 39.2 Å². The SMILES string of the molecule is COCCOc1ccc(C(=O)NNC(=O)c2ccc(OC)c(I)c2)cc1. The highest BCUT2D eigenvalue weighted by molar-refractivity contribution is 14.1. The van der Waals surface area contributed by atoms with Crippen LogP contribution in [0.2, 0.25) is 0 Å². The fourth-order valence-electron chi connectivity index (χ4n) is 2.01. The summed E-state index contributed by atoms with van der Waals surface area (Å²) in [4.78, 5) is 24.2. The van der Waals surface area contributed by atoms with Gasteiger partial charge in [-0.05, 0) is 65.1 Å². The Morgan fingerprint density at radius 3 is 2.12 bits per heavy atom. The van der Waals surface area contributed by atoms with Gasteiger partial charge in [-0.25, -0.2) is 0 Å². The number of hydrazine groups is 1. The van der Waals surface area contributed by atoms with Gasteiger partial charge < -0.3 is 14.2 Å². The Bertz CT molecular complexity index is 765. The van der Waals surface area contributed by atoms with Crippen LogP contribution in [0.3, 0.4) is 0 Å². The third-order valence-corrected chi connectivity index (χ3v) is 4.22. The van der Waals surface area contributed by atoms with Crippen LogP contribution in [0.25, 0.3) is 0 Å². The van der Waals surface area contributed by atoms with Crippen molar-refractivity contribution in [2.75, 3.05) is 27.4 Å². The van der Waals surface area contributed by atoms with Crippen molar-refractivity contribution >= 4 is 34.4 Å². The van der Waals surface area contributed by atoms with Gasteiger partial charge in [-0.15, -0.1) is 0 Å². The van der Waals surface area contributed by atoms with E-state index in [0.717, 1.165) is 3.57 Å². The van der Waals surface area contributed by atoms with Gasteiger partial charge in [0.25, 0.3) is 11.8 Å². The molecule has 0 bridgehead atoms. The largest absolute Gasteiger partial charge is 0.496 e. The molecule has 0 aromatic heterocycles. The van der Waals surface area contributed by atoms with E-state index in [0.29, 0.717) is 35.8 Å². The first-order chi connectivity index (χ1) is 12.5. The quantitative estimate of drug-likeness (QED) is 0.369. The number of hydrogen-bond donors (Lipinski definition) is 2. The number of benzene rings is 2. The van der Waals surface area contributed by atoms with Crippen LogP contribution in [0.15, 0.2) is 42.5 Å². The van der Waals surface area contributed by atoms with E-state index < -0.39 is 11.8 Å². The number of carbonyl (C=O) groups excluding carboxylic acids is 2. The van der Waals surface area contributed by atoms with Gasteiger partial charge in [-0.3, -0.25) is 20.4 Å². The van der Waals surface area contributed by atoms with Crippen molar-refractivity contribution in [2.45, 2.75) is 0 Å². The van der Waals surface area contributed by atoms with Crippen molar-refractivity contribution in [3.8, 4) is 11.5 Å². The summed E-state index contributed by atoms with van der Waals surface area (Å²) in [5.74, 6) is 0.470. The lowest BCUT2D eigenvalue weighted by molar-refractivity contribution is 0.0846. The molecule has 0 radical (unpaired) electrons. The molecule has 0 spiro atoms. The molecule has 2 N–H and O–H groups in total. The predicted molar refractivity (Wildman–Crippen MR) is 104 cm³/mol. The average Bonchev–Trinajstić information content (AvgIpc) is 2.66. The highest BCUT2D eigenvalue weighted by Gasteiger charge is 2.11. The molecule has 0 atom stereocenters. The average molecular weight is 470 g/mol. The predicted octanol–water partition coefficient (Wildman–Crippen LogP) is 2.40. The highest BCUT2D eigenvalue weighted by Crippen LogP contribution is 2.21. The maximum absolute atomic E-state index is 12.1. The summed E-state index contributed by atoms with van der Waals surface area (Å²) >= 11 is 2.07. The van der Waals surface area contributed by atoms with Crippen molar-refractivity contribution in [3.63, 3.8) is 0 Å². The number of methoxy groups -OCH3 is 2. The second-order valence-corrected chi connectivity index (χ2v) is 6.29. The first kappa shape index (κ1) is 20.0. The number of ether oxygens (including phenoxy) is 3. The summed E-state index contributed by atoms with van der Waals surface area (Å²) < 4.78 is 16.3. The van der Waals surface area contributed by atoms with Crippen molar-refractivity contribution in [2.24, 2.45) is 0 Å². The lowest BCUT2D eigenvalue weighted by Crippen LogP contribution is -2.41. The monoisotopic (exact) mass is 470 g/mol. The molecule has 0 fully saturated rings. The molecule has 0 aliphatic rings. The zero-order chi connectivity index (χ0) is 18.9. The molecule has 0 saturated carbocycles. The molecule has 0 aliphatic heterocycles. The minimum Gasteiger partial charge on any atom is -0.496 e. The van der Waals surface area contributed by atoms with Gasteiger partial charge in [-0.2, -0.15) is 0 Å². The second-order valence-electron chi connectivity index (χ2n) is 5.12. The Kier molecular flexibility index (Phi) is 7.67. The van der Waals surface area contributed by atoms with Crippen molar-refractivity contribution in [3.05, 3.63) is 57.2 Å². The van der Waals surface area contributed by atoms with Crippen molar-refractivity contribution < 1.29 is 23.8 Å². The molecular formula is C18H19IN2O5. The summed E-state index contributed by atoms with van der Waals surface area (Å²) in [6.45, 7) is 0.914. The minimum absolute atomic E-state index is 0.397. The minimum atomic E-state index is -0.426. The number of rotatable bonds is 7. The Hall–Kier alpha value is -2.33. The van der Waals surface area contributed by atoms with Gasteiger partial charge in [0.15, 0.2) is 0 Å². The molecule has 0 heterocycles. The van der Waals surface area contributed by atoms with Gasteiger partial charge in [-0.1, -0.05) is 0 Å². The van der Waals surface area contributed by atoms with E-state index in [2.05, 4.69) is 33.4 Å². The Labute approximate surface area is 165 Å². The zero-order valence-electron chi connectivity index (χ0n) is 14.4. The van der Waals surface area contributed by atoms with E-state index in [-0.39, 0.29) is 0 Å². The molecule has 7 nitrogen and oxygen atoms in total. The van der Waals surface area contributed by atoms with E-state index in [4.69, 9.17) is 14.2 Å². The molecule has 26 heavy (non-hydrogen) atoms. The van der Waals surface area contributed by atoms with Crippen molar-refractivity contribution in [1.82, 2.24) is 10.9 Å². The van der Waals surface area contributed by atoms with Crippen LogP contribution in [0.4, 0.5) is 0 Å². The van der Waals surface area contributed by atoms with Gasteiger partial charge in [0, 0.05) is 18.2 Å². The third-order valence-electron chi connectivity index (χ3n) is 3.38. The summed E-state index contributed by atoms with van der Waals surface area (Å²) in [5, 5.41) is 0. The molecule has 0 aliphatic carbocycles. The molecule has 138 valence electrons. The summed E-state index contributed by atoms with van der Waals surface area (Å²) in [7, 11) is 3.16. The van der Waals surface area contributed by atoms with Crippen LogP contribution in [0.1, 0.15) is 20.7 Å². The Morgan fingerprint density at radius 1 is 0.923 bits per heavy atom. The van der Waals surface area contributed by atoms with Crippen molar-refractivity contribution in [1.29, 1.82) is 0 Å². The highest BCUT2D eigenvalue weighted by atomic mass is 127.